The van der Waals surface area contributed by atoms with Gasteiger partial charge in [-0.1, -0.05) is 24.2 Å². The molecule has 2 rings (SSSR count). The molecule has 0 radical (unpaired) electrons. The van der Waals surface area contributed by atoms with Crippen LogP contribution in [0.1, 0.15) is 42.3 Å². The highest BCUT2D eigenvalue weighted by Gasteiger charge is 2.10. The fourth-order valence-electron chi connectivity index (χ4n) is 2.39. The van der Waals surface area contributed by atoms with Gasteiger partial charge in [-0.25, -0.2) is 0 Å². The molecule has 21 heavy (non-hydrogen) atoms. The Labute approximate surface area is 125 Å². The summed E-state index contributed by atoms with van der Waals surface area (Å²) in [5.41, 5.74) is 9.29. The van der Waals surface area contributed by atoms with E-state index in [1.165, 1.54) is 5.56 Å². The monoisotopic (exact) mass is 289 g/mol. The summed E-state index contributed by atoms with van der Waals surface area (Å²) < 4.78 is 10.9. The number of hydrogen-bond acceptors (Lipinski definition) is 5. The molecule has 1 unspecified atom stereocenters. The second-order valence-electron chi connectivity index (χ2n) is 5.49. The molecule has 0 aliphatic rings. The lowest BCUT2D eigenvalue weighted by Gasteiger charge is -2.14. The van der Waals surface area contributed by atoms with Crippen LogP contribution in [-0.2, 0) is 19.4 Å². The highest BCUT2D eigenvalue weighted by atomic mass is 16.5. The second-order valence-corrected chi connectivity index (χ2v) is 5.49. The molecule has 1 aromatic heterocycles. The van der Waals surface area contributed by atoms with E-state index in [0.717, 1.165) is 29.7 Å². The number of hydrogen-bond donors (Lipinski definition) is 1. The van der Waals surface area contributed by atoms with E-state index in [4.69, 9.17) is 15.0 Å². The standard InChI is InChI=1S/C16H23N3O2/c1-5-15-18-14(19-21-15)9-20-16-10(2)6-13(7-11(16)3)8-12(4)17/h6-7,12H,5,8-9,17H2,1-4H3. The third-order valence-electron chi connectivity index (χ3n) is 3.24. The summed E-state index contributed by atoms with van der Waals surface area (Å²) in [6.07, 6.45) is 1.60. The Hall–Kier alpha value is -1.88. The summed E-state index contributed by atoms with van der Waals surface area (Å²) in [6, 6.07) is 4.40. The van der Waals surface area contributed by atoms with Crippen molar-refractivity contribution in [2.24, 2.45) is 5.73 Å². The molecule has 0 spiro atoms. The van der Waals surface area contributed by atoms with Gasteiger partial charge < -0.3 is 15.0 Å². The van der Waals surface area contributed by atoms with Crippen LogP contribution in [-0.4, -0.2) is 16.2 Å². The molecule has 0 bridgehead atoms. The van der Waals surface area contributed by atoms with Gasteiger partial charge >= 0.3 is 0 Å². The Balaban J connectivity index is 2.09. The van der Waals surface area contributed by atoms with E-state index in [2.05, 4.69) is 22.3 Å². The molecule has 2 aromatic rings. The van der Waals surface area contributed by atoms with E-state index < -0.39 is 0 Å². The van der Waals surface area contributed by atoms with Crippen molar-refractivity contribution in [3.05, 3.63) is 40.5 Å². The molecule has 0 aliphatic heterocycles. The molecule has 1 heterocycles. The van der Waals surface area contributed by atoms with E-state index >= 15 is 0 Å². The van der Waals surface area contributed by atoms with Crippen LogP contribution in [0.3, 0.4) is 0 Å². The molecule has 0 aliphatic carbocycles. The number of nitrogens with two attached hydrogens (primary N) is 1. The smallest absolute Gasteiger partial charge is 0.226 e. The molecule has 114 valence electrons. The molecular weight excluding hydrogens is 266 g/mol. The van der Waals surface area contributed by atoms with Crippen LogP contribution < -0.4 is 10.5 Å². The van der Waals surface area contributed by atoms with Crippen LogP contribution in [0.25, 0.3) is 0 Å². The Kier molecular flexibility index (Phi) is 4.96. The maximum atomic E-state index is 5.86. The summed E-state index contributed by atoms with van der Waals surface area (Å²) >= 11 is 0. The Morgan fingerprint density at radius 2 is 1.95 bits per heavy atom. The first-order valence-corrected chi connectivity index (χ1v) is 7.29. The van der Waals surface area contributed by atoms with Gasteiger partial charge in [-0.05, 0) is 43.9 Å². The second kappa shape index (κ2) is 6.72. The molecule has 2 N–H and O–H groups in total. The lowest BCUT2D eigenvalue weighted by atomic mass is 10.0. The fourth-order valence-corrected chi connectivity index (χ4v) is 2.39. The van der Waals surface area contributed by atoms with Crippen LogP contribution >= 0.6 is 0 Å². The van der Waals surface area contributed by atoms with Crippen LogP contribution in [0.2, 0.25) is 0 Å². The molecule has 0 saturated heterocycles. The molecule has 5 heteroatoms. The molecule has 0 amide bonds. The third-order valence-corrected chi connectivity index (χ3v) is 3.24. The normalized spacial score (nSPS) is 12.4. The molecule has 1 aromatic carbocycles. The minimum atomic E-state index is 0.155. The van der Waals surface area contributed by atoms with Gasteiger partial charge in [0.25, 0.3) is 0 Å². The lowest BCUT2D eigenvalue weighted by Crippen LogP contribution is -2.18. The average Bonchev–Trinajstić information content (AvgIpc) is 2.85. The number of aryl methyl sites for hydroxylation is 3. The van der Waals surface area contributed by atoms with E-state index in [-0.39, 0.29) is 6.04 Å². The minimum Gasteiger partial charge on any atom is -0.485 e. The number of nitrogens with zero attached hydrogens (tertiary/aromatic N) is 2. The van der Waals surface area contributed by atoms with Crippen molar-refractivity contribution >= 4 is 0 Å². The van der Waals surface area contributed by atoms with E-state index in [1.54, 1.807) is 0 Å². The summed E-state index contributed by atoms with van der Waals surface area (Å²) in [4.78, 5) is 4.24. The van der Waals surface area contributed by atoms with Crippen LogP contribution in [0.5, 0.6) is 5.75 Å². The van der Waals surface area contributed by atoms with Crippen molar-refractivity contribution in [2.75, 3.05) is 0 Å². The van der Waals surface area contributed by atoms with Crippen LogP contribution in [0.15, 0.2) is 16.7 Å². The molecule has 1 atom stereocenters. The number of benzene rings is 1. The highest BCUT2D eigenvalue weighted by molar-refractivity contribution is 5.43. The number of ether oxygens (including phenoxy) is 1. The van der Waals surface area contributed by atoms with Gasteiger partial charge in [-0.3, -0.25) is 0 Å². The maximum Gasteiger partial charge on any atom is 0.226 e. The zero-order valence-corrected chi connectivity index (χ0v) is 13.1. The van der Waals surface area contributed by atoms with Gasteiger partial charge in [0.2, 0.25) is 11.7 Å². The zero-order valence-electron chi connectivity index (χ0n) is 13.1. The average molecular weight is 289 g/mol. The van der Waals surface area contributed by atoms with Crippen molar-refractivity contribution in [2.45, 2.75) is 53.2 Å². The first-order chi connectivity index (χ1) is 9.99. The SMILES string of the molecule is CCc1nc(COc2c(C)cc(CC(C)N)cc2C)no1. The van der Waals surface area contributed by atoms with E-state index in [9.17, 15) is 0 Å². The van der Waals surface area contributed by atoms with Crippen molar-refractivity contribution in [3.8, 4) is 5.75 Å². The Morgan fingerprint density at radius 1 is 1.29 bits per heavy atom. The molecular formula is C16H23N3O2. The van der Waals surface area contributed by atoms with Gasteiger partial charge in [-0.2, -0.15) is 4.98 Å². The molecule has 0 fully saturated rings. The topological polar surface area (TPSA) is 74.2 Å². The third kappa shape index (κ3) is 4.04. The first kappa shape index (κ1) is 15.5. The van der Waals surface area contributed by atoms with Crippen molar-refractivity contribution in [1.82, 2.24) is 10.1 Å². The summed E-state index contributed by atoms with van der Waals surface area (Å²) in [5, 5.41) is 3.89. The van der Waals surface area contributed by atoms with E-state index in [1.807, 2.05) is 27.7 Å². The van der Waals surface area contributed by atoms with Crippen LogP contribution in [0, 0.1) is 13.8 Å². The first-order valence-electron chi connectivity index (χ1n) is 7.29. The quantitative estimate of drug-likeness (QED) is 0.885. The zero-order chi connectivity index (χ0) is 15.4. The fraction of sp³-hybridized carbons (Fsp3) is 0.500. The highest BCUT2D eigenvalue weighted by Crippen LogP contribution is 2.26. The lowest BCUT2D eigenvalue weighted by molar-refractivity contribution is 0.281. The summed E-state index contributed by atoms with van der Waals surface area (Å²) in [5.74, 6) is 2.09. The molecule has 0 saturated carbocycles. The van der Waals surface area contributed by atoms with Gasteiger partial charge in [0.05, 0.1) is 0 Å². The number of aromatic nitrogens is 2. The van der Waals surface area contributed by atoms with Gasteiger partial charge in [0.1, 0.15) is 5.75 Å². The predicted molar refractivity (Wildman–Crippen MR) is 81.3 cm³/mol. The van der Waals surface area contributed by atoms with E-state index in [0.29, 0.717) is 18.3 Å². The maximum absolute atomic E-state index is 5.86. The van der Waals surface area contributed by atoms with Gasteiger partial charge in [0, 0.05) is 12.5 Å². The van der Waals surface area contributed by atoms with Gasteiger partial charge in [0.15, 0.2) is 6.61 Å². The summed E-state index contributed by atoms with van der Waals surface area (Å²) in [7, 11) is 0. The number of rotatable bonds is 6. The van der Waals surface area contributed by atoms with Crippen molar-refractivity contribution in [3.63, 3.8) is 0 Å². The predicted octanol–water partition coefficient (Wildman–Crippen LogP) is 2.72. The minimum absolute atomic E-state index is 0.155. The van der Waals surface area contributed by atoms with Crippen LogP contribution in [0.4, 0.5) is 0 Å². The Morgan fingerprint density at radius 3 is 2.48 bits per heavy atom. The molecule has 5 nitrogen and oxygen atoms in total. The van der Waals surface area contributed by atoms with Gasteiger partial charge in [-0.15, -0.1) is 0 Å². The van der Waals surface area contributed by atoms with Crippen molar-refractivity contribution < 1.29 is 9.26 Å². The Bertz CT molecular complexity index is 582. The summed E-state index contributed by atoms with van der Waals surface area (Å²) in [6.45, 7) is 8.39. The largest absolute Gasteiger partial charge is 0.485 e. The van der Waals surface area contributed by atoms with Crippen molar-refractivity contribution in [1.29, 1.82) is 0 Å².